The van der Waals surface area contributed by atoms with Gasteiger partial charge in [-0.25, -0.2) is 12.8 Å². The van der Waals surface area contributed by atoms with Crippen molar-refractivity contribution in [3.8, 4) is 0 Å². The standard InChI is InChI=1S/C13H22BrNO2SSi/c1-10-9-11(7-8-12(10)14)18(16,17)15-19(5,6)13(2,3)4/h7-9,15H,1-6H3. The van der Waals surface area contributed by atoms with Crippen LogP contribution < -0.4 is 4.39 Å². The summed E-state index contributed by atoms with van der Waals surface area (Å²) in [6.07, 6.45) is 0. The van der Waals surface area contributed by atoms with Crippen molar-refractivity contribution in [2.45, 2.75) is 50.7 Å². The van der Waals surface area contributed by atoms with E-state index in [2.05, 4.69) is 41.1 Å². The number of benzene rings is 1. The van der Waals surface area contributed by atoms with Gasteiger partial charge in [0.25, 0.3) is 0 Å². The fourth-order valence-electron chi connectivity index (χ4n) is 1.33. The van der Waals surface area contributed by atoms with E-state index in [9.17, 15) is 8.42 Å². The second-order valence-corrected chi connectivity index (χ2v) is 14.3. The molecule has 108 valence electrons. The number of hydrogen-bond acceptors (Lipinski definition) is 2. The molecule has 6 heteroatoms. The first-order chi connectivity index (χ1) is 8.37. The van der Waals surface area contributed by atoms with Crippen molar-refractivity contribution in [1.29, 1.82) is 0 Å². The molecule has 0 saturated carbocycles. The van der Waals surface area contributed by atoms with Gasteiger partial charge in [0.2, 0.25) is 10.0 Å². The summed E-state index contributed by atoms with van der Waals surface area (Å²) < 4.78 is 28.8. The van der Waals surface area contributed by atoms with Crippen molar-refractivity contribution in [3.63, 3.8) is 0 Å². The van der Waals surface area contributed by atoms with Gasteiger partial charge in [-0.2, -0.15) is 0 Å². The molecule has 0 bridgehead atoms. The van der Waals surface area contributed by atoms with E-state index >= 15 is 0 Å². The van der Waals surface area contributed by atoms with Crippen LogP contribution in [0, 0.1) is 6.92 Å². The quantitative estimate of drug-likeness (QED) is 0.823. The molecule has 0 atom stereocenters. The van der Waals surface area contributed by atoms with Gasteiger partial charge >= 0.3 is 0 Å². The molecule has 0 fully saturated rings. The van der Waals surface area contributed by atoms with E-state index in [1.807, 2.05) is 20.0 Å². The van der Waals surface area contributed by atoms with E-state index in [4.69, 9.17) is 0 Å². The van der Waals surface area contributed by atoms with Gasteiger partial charge in [-0.1, -0.05) is 49.8 Å². The Hall–Kier alpha value is -0.173. The number of halogens is 1. The van der Waals surface area contributed by atoms with Gasteiger partial charge in [0.1, 0.15) is 8.24 Å². The van der Waals surface area contributed by atoms with Gasteiger partial charge in [0, 0.05) is 4.47 Å². The highest BCUT2D eigenvalue weighted by atomic mass is 79.9. The summed E-state index contributed by atoms with van der Waals surface area (Å²) in [5.74, 6) is 0. The Labute approximate surface area is 126 Å². The molecule has 0 amide bonds. The lowest BCUT2D eigenvalue weighted by Gasteiger charge is -2.36. The van der Waals surface area contributed by atoms with Crippen LogP contribution in [-0.4, -0.2) is 16.7 Å². The van der Waals surface area contributed by atoms with Crippen LogP contribution in [0.2, 0.25) is 18.1 Å². The monoisotopic (exact) mass is 363 g/mol. The van der Waals surface area contributed by atoms with Crippen LogP contribution >= 0.6 is 15.9 Å². The first kappa shape index (κ1) is 16.9. The van der Waals surface area contributed by atoms with Gasteiger partial charge in [-0.3, -0.25) is 0 Å². The minimum Gasteiger partial charge on any atom is -0.233 e. The van der Waals surface area contributed by atoms with Crippen LogP contribution in [0.25, 0.3) is 0 Å². The molecule has 3 nitrogen and oxygen atoms in total. The van der Waals surface area contributed by atoms with E-state index < -0.39 is 18.3 Å². The molecule has 0 radical (unpaired) electrons. The predicted molar refractivity (Wildman–Crippen MR) is 86.4 cm³/mol. The van der Waals surface area contributed by atoms with Crippen LogP contribution in [0.5, 0.6) is 0 Å². The van der Waals surface area contributed by atoms with Crippen LogP contribution in [0.1, 0.15) is 26.3 Å². The Bertz CT molecular complexity index is 577. The van der Waals surface area contributed by atoms with E-state index in [0.717, 1.165) is 10.0 Å². The summed E-state index contributed by atoms with van der Waals surface area (Å²) in [7, 11) is -5.55. The lowest BCUT2D eigenvalue weighted by Crippen LogP contribution is -2.54. The third-order valence-corrected chi connectivity index (χ3v) is 12.3. The van der Waals surface area contributed by atoms with Gasteiger partial charge in [-0.15, -0.1) is 0 Å². The smallest absolute Gasteiger partial charge is 0.233 e. The Morgan fingerprint density at radius 1 is 1.21 bits per heavy atom. The molecular formula is C13H22BrNO2SSi. The largest absolute Gasteiger partial charge is 0.234 e. The maximum absolute atomic E-state index is 12.5. The summed E-state index contributed by atoms with van der Waals surface area (Å²) in [6.45, 7) is 12.2. The average molecular weight is 364 g/mol. The predicted octanol–water partition coefficient (Wildman–Crippen LogP) is 4.04. The summed E-state index contributed by atoms with van der Waals surface area (Å²) >= 11 is 3.38. The second kappa shape index (κ2) is 5.31. The van der Waals surface area contributed by atoms with Gasteiger partial charge in [-0.05, 0) is 35.7 Å². The normalized spacial score (nSPS) is 13.6. The summed E-state index contributed by atoms with van der Waals surface area (Å²) in [6, 6.07) is 5.10. The van der Waals surface area contributed by atoms with Crippen molar-refractivity contribution < 1.29 is 8.42 Å². The molecule has 0 spiro atoms. The molecule has 1 aromatic carbocycles. The molecular weight excluding hydrogens is 342 g/mol. The molecule has 0 aliphatic carbocycles. The minimum absolute atomic E-state index is 0.0372. The van der Waals surface area contributed by atoms with E-state index in [1.54, 1.807) is 18.2 Å². The number of rotatable bonds is 3. The molecule has 0 aliphatic heterocycles. The molecule has 1 rings (SSSR count). The summed E-state index contributed by atoms with van der Waals surface area (Å²) in [5, 5.41) is -0.0372. The average Bonchev–Trinajstić information content (AvgIpc) is 2.18. The molecule has 1 aromatic rings. The minimum atomic E-state index is -3.45. The van der Waals surface area contributed by atoms with Gasteiger partial charge in [0.15, 0.2) is 0 Å². The van der Waals surface area contributed by atoms with Crippen molar-refractivity contribution >= 4 is 34.2 Å². The second-order valence-electron chi connectivity index (χ2n) is 6.39. The van der Waals surface area contributed by atoms with Crippen LogP contribution in [0.4, 0.5) is 0 Å². The number of hydrogen-bond donors (Lipinski definition) is 1. The van der Waals surface area contributed by atoms with Crippen molar-refractivity contribution in [3.05, 3.63) is 28.2 Å². The highest BCUT2D eigenvalue weighted by Crippen LogP contribution is 2.35. The zero-order valence-electron chi connectivity index (χ0n) is 12.3. The zero-order chi connectivity index (χ0) is 15.1. The number of nitrogens with one attached hydrogen (secondary N) is 1. The fourth-order valence-corrected chi connectivity index (χ4v) is 6.54. The molecule has 0 aromatic heterocycles. The topological polar surface area (TPSA) is 46.2 Å². The molecule has 0 unspecified atom stereocenters. The SMILES string of the molecule is Cc1cc(S(=O)(=O)N[Si](C)(C)C(C)(C)C)ccc1Br. The third-order valence-electron chi connectivity index (χ3n) is 3.70. The molecule has 0 heterocycles. The molecule has 1 N–H and O–H groups in total. The molecule has 0 aliphatic rings. The third kappa shape index (κ3) is 3.90. The summed E-state index contributed by atoms with van der Waals surface area (Å²) in [5.41, 5.74) is 0.915. The highest BCUT2D eigenvalue weighted by Gasteiger charge is 2.39. The van der Waals surface area contributed by atoms with E-state index in [1.165, 1.54) is 0 Å². The molecule has 19 heavy (non-hydrogen) atoms. The first-order valence-corrected chi connectivity index (χ1v) is 11.4. The Morgan fingerprint density at radius 2 is 1.74 bits per heavy atom. The Morgan fingerprint density at radius 3 is 2.16 bits per heavy atom. The number of aryl methyl sites for hydroxylation is 1. The zero-order valence-corrected chi connectivity index (χ0v) is 15.7. The van der Waals surface area contributed by atoms with Crippen molar-refractivity contribution in [2.75, 3.05) is 0 Å². The van der Waals surface area contributed by atoms with Crippen molar-refractivity contribution in [1.82, 2.24) is 4.39 Å². The first-order valence-electron chi connectivity index (χ1n) is 6.17. The summed E-state index contributed by atoms with van der Waals surface area (Å²) in [4.78, 5) is 0.332. The van der Waals surface area contributed by atoms with Gasteiger partial charge in [0.05, 0.1) is 4.90 Å². The van der Waals surface area contributed by atoms with Crippen LogP contribution in [0.3, 0.4) is 0 Å². The van der Waals surface area contributed by atoms with Crippen molar-refractivity contribution in [2.24, 2.45) is 0 Å². The van der Waals surface area contributed by atoms with Gasteiger partial charge < -0.3 is 0 Å². The van der Waals surface area contributed by atoms with E-state index in [0.29, 0.717) is 4.90 Å². The maximum Gasteiger partial charge on any atom is 0.234 e. The fraction of sp³-hybridized carbons (Fsp3) is 0.538. The highest BCUT2D eigenvalue weighted by molar-refractivity contribution is 9.10. The maximum atomic E-state index is 12.5. The Balaban J connectivity index is 3.16. The van der Waals surface area contributed by atoms with Crippen LogP contribution in [-0.2, 0) is 10.0 Å². The van der Waals surface area contributed by atoms with E-state index in [-0.39, 0.29) is 5.04 Å². The lowest BCUT2D eigenvalue weighted by atomic mass is 10.2. The number of sulfonamides is 1. The van der Waals surface area contributed by atoms with Crippen LogP contribution in [0.15, 0.2) is 27.6 Å². The lowest BCUT2D eigenvalue weighted by molar-refractivity contribution is 0.589. The molecule has 0 saturated heterocycles. The Kier molecular flexibility index (Phi) is 4.72.